The van der Waals surface area contributed by atoms with Crippen LogP contribution in [0.15, 0.2) is 55.0 Å². The molecule has 3 rings (SSSR count). The highest BCUT2D eigenvalue weighted by molar-refractivity contribution is 5.90. The van der Waals surface area contributed by atoms with Crippen molar-refractivity contribution in [3.8, 4) is 0 Å². The van der Waals surface area contributed by atoms with Crippen LogP contribution in [-0.2, 0) is 0 Å². The highest BCUT2D eigenvalue weighted by Gasteiger charge is 1.98. The normalized spacial score (nSPS) is 11.1. The maximum Gasteiger partial charge on any atom is 0.0935 e. The summed E-state index contributed by atoms with van der Waals surface area (Å²) in [6, 6.07) is 12.0. The van der Waals surface area contributed by atoms with Gasteiger partial charge in [-0.2, -0.15) is 10.2 Å². The lowest BCUT2D eigenvalue weighted by atomic mass is 10.1. The number of hydrogen-bond donors (Lipinski definition) is 0. The number of hydrogen-bond acceptors (Lipinski definition) is 3. The molecule has 0 atom stereocenters. The minimum Gasteiger partial charge on any atom is -0.264 e. The maximum absolute atomic E-state index is 4.16. The third-order valence-electron chi connectivity index (χ3n) is 2.72. The van der Waals surface area contributed by atoms with E-state index >= 15 is 0 Å². The summed E-state index contributed by atoms with van der Waals surface area (Å²) in [6.07, 6.45) is 9.30. The molecule has 3 aromatic rings. The molecule has 0 N–H and O–H groups in total. The maximum atomic E-state index is 4.16. The average molecular weight is 233 g/mol. The molecule has 2 aromatic heterocycles. The van der Waals surface area contributed by atoms with E-state index in [1.165, 1.54) is 0 Å². The molecule has 0 amide bonds. The first-order valence-corrected chi connectivity index (χ1v) is 5.72. The number of aromatic nitrogens is 3. The van der Waals surface area contributed by atoms with Crippen molar-refractivity contribution >= 4 is 22.9 Å². The monoisotopic (exact) mass is 233 g/mol. The highest BCUT2D eigenvalue weighted by atomic mass is 15.1. The van der Waals surface area contributed by atoms with E-state index in [4.69, 9.17) is 0 Å². The van der Waals surface area contributed by atoms with Crippen LogP contribution in [0.25, 0.3) is 22.9 Å². The first-order chi connectivity index (χ1) is 8.93. The Hall–Kier alpha value is -2.55. The van der Waals surface area contributed by atoms with Gasteiger partial charge in [-0.05, 0) is 17.7 Å². The van der Waals surface area contributed by atoms with Gasteiger partial charge in [0, 0.05) is 23.2 Å². The molecule has 0 saturated heterocycles. The first-order valence-electron chi connectivity index (χ1n) is 5.72. The Morgan fingerprint density at radius 1 is 0.889 bits per heavy atom. The van der Waals surface area contributed by atoms with E-state index in [1.54, 1.807) is 12.4 Å². The Morgan fingerprint density at radius 3 is 2.72 bits per heavy atom. The molecule has 3 nitrogen and oxygen atoms in total. The predicted octanol–water partition coefficient (Wildman–Crippen LogP) is 3.20. The summed E-state index contributed by atoms with van der Waals surface area (Å²) in [5.74, 6) is 0. The van der Waals surface area contributed by atoms with Crippen molar-refractivity contribution in [1.82, 2.24) is 15.2 Å². The van der Waals surface area contributed by atoms with Gasteiger partial charge in [0.1, 0.15) is 0 Å². The number of benzene rings is 1. The lowest BCUT2D eigenvalue weighted by molar-refractivity contribution is 1.04. The van der Waals surface area contributed by atoms with Crippen LogP contribution in [0.1, 0.15) is 11.3 Å². The van der Waals surface area contributed by atoms with E-state index in [0.717, 1.165) is 22.0 Å². The minimum atomic E-state index is 0.872. The van der Waals surface area contributed by atoms with Gasteiger partial charge in [0.05, 0.1) is 11.9 Å². The van der Waals surface area contributed by atoms with Gasteiger partial charge >= 0.3 is 0 Å². The van der Waals surface area contributed by atoms with Crippen molar-refractivity contribution in [2.24, 2.45) is 0 Å². The van der Waals surface area contributed by atoms with Gasteiger partial charge in [0.2, 0.25) is 0 Å². The summed E-state index contributed by atoms with van der Waals surface area (Å²) in [7, 11) is 0. The lowest BCUT2D eigenvalue weighted by Gasteiger charge is -1.99. The van der Waals surface area contributed by atoms with Gasteiger partial charge in [0.25, 0.3) is 0 Å². The van der Waals surface area contributed by atoms with E-state index < -0.39 is 0 Å². The van der Waals surface area contributed by atoms with Gasteiger partial charge in [-0.3, -0.25) is 4.98 Å². The molecule has 18 heavy (non-hydrogen) atoms. The second-order valence-electron chi connectivity index (χ2n) is 3.94. The SMILES string of the molecule is C(=Cc1nncc2ccccc12)c1cccnc1. The second kappa shape index (κ2) is 4.75. The largest absolute Gasteiger partial charge is 0.264 e. The molecule has 1 aromatic carbocycles. The Bertz CT molecular complexity index is 685. The molecule has 3 heteroatoms. The Kier molecular flexibility index (Phi) is 2.80. The molecule has 0 unspecified atom stereocenters. The molecular formula is C15H11N3. The van der Waals surface area contributed by atoms with Crippen LogP contribution >= 0.6 is 0 Å². The summed E-state index contributed by atoms with van der Waals surface area (Å²) in [5, 5.41) is 10.4. The third kappa shape index (κ3) is 2.11. The molecular weight excluding hydrogens is 222 g/mol. The number of nitrogens with zero attached hydrogens (tertiary/aromatic N) is 3. The second-order valence-corrected chi connectivity index (χ2v) is 3.94. The van der Waals surface area contributed by atoms with Crippen molar-refractivity contribution in [2.45, 2.75) is 0 Å². The third-order valence-corrected chi connectivity index (χ3v) is 2.72. The van der Waals surface area contributed by atoms with E-state index in [-0.39, 0.29) is 0 Å². The number of rotatable bonds is 2. The Labute approximate surface area is 105 Å². The smallest absolute Gasteiger partial charge is 0.0935 e. The van der Waals surface area contributed by atoms with Crippen molar-refractivity contribution in [3.05, 3.63) is 66.2 Å². The van der Waals surface area contributed by atoms with Crippen LogP contribution in [0.3, 0.4) is 0 Å². The zero-order valence-corrected chi connectivity index (χ0v) is 9.69. The molecule has 0 aliphatic heterocycles. The van der Waals surface area contributed by atoms with Crippen LogP contribution < -0.4 is 0 Å². The van der Waals surface area contributed by atoms with Crippen molar-refractivity contribution in [1.29, 1.82) is 0 Å². The molecule has 2 heterocycles. The van der Waals surface area contributed by atoms with Crippen molar-refractivity contribution in [2.75, 3.05) is 0 Å². The van der Waals surface area contributed by atoms with Gasteiger partial charge in [-0.25, -0.2) is 0 Å². The van der Waals surface area contributed by atoms with Gasteiger partial charge < -0.3 is 0 Å². The van der Waals surface area contributed by atoms with E-state index in [9.17, 15) is 0 Å². The standard InChI is InChI=1S/C15H11N3/c1-2-6-14-13(5-1)11-17-18-15(14)8-7-12-4-3-9-16-10-12/h1-11H. The van der Waals surface area contributed by atoms with Crippen molar-refractivity contribution < 1.29 is 0 Å². The first kappa shape index (κ1) is 10.6. The minimum absolute atomic E-state index is 0.872. The van der Waals surface area contributed by atoms with Gasteiger partial charge in [-0.1, -0.05) is 36.4 Å². The van der Waals surface area contributed by atoms with E-state index in [2.05, 4.69) is 15.2 Å². The fraction of sp³-hybridized carbons (Fsp3) is 0. The zero-order chi connectivity index (χ0) is 12.2. The molecule has 0 fully saturated rings. The molecule has 0 bridgehead atoms. The predicted molar refractivity (Wildman–Crippen MR) is 72.7 cm³/mol. The van der Waals surface area contributed by atoms with Crippen LogP contribution in [-0.4, -0.2) is 15.2 Å². The quantitative estimate of drug-likeness (QED) is 0.682. The summed E-state index contributed by atoms with van der Waals surface area (Å²) < 4.78 is 0. The summed E-state index contributed by atoms with van der Waals surface area (Å²) in [6.45, 7) is 0. The molecule has 86 valence electrons. The number of pyridine rings is 1. The summed E-state index contributed by atoms with van der Waals surface area (Å²) in [5.41, 5.74) is 1.92. The molecule has 0 aliphatic rings. The fourth-order valence-corrected chi connectivity index (χ4v) is 1.82. The van der Waals surface area contributed by atoms with E-state index in [1.807, 2.05) is 54.7 Å². The molecule has 0 aliphatic carbocycles. The fourth-order valence-electron chi connectivity index (χ4n) is 1.82. The van der Waals surface area contributed by atoms with E-state index in [0.29, 0.717) is 0 Å². The van der Waals surface area contributed by atoms with Crippen LogP contribution in [0.2, 0.25) is 0 Å². The summed E-state index contributed by atoms with van der Waals surface area (Å²) in [4.78, 5) is 4.07. The molecule has 0 spiro atoms. The summed E-state index contributed by atoms with van der Waals surface area (Å²) >= 11 is 0. The lowest BCUT2D eigenvalue weighted by Crippen LogP contribution is -1.87. The Morgan fingerprint density at radius 2 is 1.83 bits per heavy atom. The topological polar surface area (TPSA) is 38.7 Å². The number of fused-ring (bicyclic) bond motifs is 1. The highest BCUT2D eigenvalue weighted by Crippen LogP contribution is 2.17. The Balaban J connectivity index is 2.03. The van der Waals surface area contributed by atoms with Crippen LogP contribution in [0.5, 0.6) is 0 Å². The molecule has 0 saturated carbocycles. The average Bonchev–Trinajstić information content (AvgIpc) is 2.46. The van der Waals surface area contributed by atoms with Crippen molar-refractivity contribution in [3.63, 3.8) is 0 Å². The van der Waals surface area contributed by atoms with Gasteiger partial charge in [0.15, 0.2) is 0 Å². The molecule has 0 radical (unpaired) electrons. The van der Waals surface area contributed by atoms with Crippen LogP contribution in [0, 0.1) is 0 Å². The van der Waals surface area contributed by atoms with Gasteiger partial charge in [-0.15, -0.1) is 0 Å². The van der Waals surface area contributed by atoms with Crippen LogP contribution in [0.4, 0.5) is 0 Å². The zero-order valence-electron chi connectivity index (χ0n) is 9.69.